The number of rotatable bonds is 4. The number of aliphatic hydroxyl groups excluding tert-OH is 3. The molecule has 25 heavy (non-hydrogen) atoms. The molecular formula is C14H19N5O6. The summed E-state index contributed by atoms with van der Waals surface area (Å²) in [6, 6.07) is 0. The van der Waals surface area contributed by atoms with E-state index in [1.54, 1.807) is 0 Å². The molecule has 0 saturated carbocycles. The number of imidazole rings is 1. The molecule has 11 nitrogen and oxygen atoms in total. The van der Waals surface area contributed by atoms with Crippen molar-refractivity contribution in [3.63, 3.8) is 0 Å². The summed E-state index contributed by atoms with van der Waals surface area (Å²) >= 11 is 0. The molecule has 136 valence electrons. The average Bonchev–Trinajstić information content (AvgIpc) is 3.10. The van der Waals surface area contributed by atoms with Crippen LogP contribution in [0.25, 0.3) is 11.2 Å². The van der Waals surface area contributed by atoms with Crippen LogP contribution in [0.1, 0.15) is 26.5 Å². The number of anilines is 1. The first-order valence-electron chi connectivity index (χ1n) is 7.80. The van der Waals surface area contributed by atoms with Crippen molar-refractivity contribution in [3.05, 3.63) is 16.7 Å². The van der Waals surface area contributed by atoms with E-state index in [2.05, 4.69) is 20.3 Å². The number of H-pyrrole nitrogens is 1. The van der Waals surface area contributed by atoms with Crippen LogP contribution in [0.4, 0.5) is 5.95 Å². The summed E-state index contributed by atoms with van der Waals surface area (Å²) in [4.78, 5) is 34.1. The fourth-order valence-corrected chi connectivity index (χ4v) is 2.69. The Balaban J connectivity index is 2.01. The molecule has 1 aliphatic rings. The monoisotopic (exact) mass is 353 g/mol. The van der Waals surface area contributed by atoms with Crippen LogP contribution in [-0.4, -0.2) is 65.2 Å². The molecule has 0 bridgehead atoms. The van der Waals surface area contributed by atoms with Crippen molar-refractivity contribution in [2.75, 3.05) is 5.32 Å². The normalized spacial score (nSPS) is 27.6. The van der Waals surface area contributed by atoms with Crippen molar-refractivity contribution in [1.29, 1.82) is 0 Å². The van der Waals surface area contributed by atoms with Crippen LogP contribution in [0.3, 0.4) is 0 Å². The topological polar surface area (TPSA) is 163 Å². The molecule has 3 rings (SSSR count). The summed E-state index contributed by atoms with van der Waals surface area (Å²) in [6.45, 7) is 3.08. The standard InChI is InChI=1S/C14H19N5O6/c1-3-6-8(21)9(22)13(25-6)19-4-15-7-10(19)16-14(18-12(7)24)17-11(23)5(2)20/h4-6,8-9,13,20-22H,3H2,1-2H3,(H2,16,17,18,23,24). The lowest BCUT2D eigenvalue weighted by Crippen LogP contribution is -2.31. The Morgan fingerprint density at radius 1 is 1.48 bits per heavy atom. The fourth-order valence-electron chi connectivity index (χ4n) is 2.69. The fraction of sp³-hybridized carbons (Fsp3) is 0.571. The highest BCUT2D eigenvalue weighted by atomic mass is 16.6. The van der Waals surface area contributed by atoms with Crippen LogP contribution in [0.15, 0.2) is 11.1 Å². The molecule has 11 heteroatoms. The third kappa shape index (κ3) is 3.02. The SMILES string of the molecule is CCC1OC(n2cnc3c(=O)[nH]c(NC(=O)C(C)O)nc32)C(O)C1O. The maximum atomic E-state index is 12.1. The van der Waals surface area contributed by atoms with Crippen molar-refractivity contribution in [2.24, 2.45) is 0 Å². The molecule has 0 spiro atoms. The van der Waals surface area contributed by atoms with E-state index >= 15 is 0 Å². The van der Waals surface area contributed by atoms with Gasteiger partial charge in [-0.05, 0) is 13.3 Å². The zero-order chi connectivity index (χ0) is 18.3. The molecule has 5 unspecified atom stereocenters. The summed E-state index contributed by atoms with van der Waals surface area (Å²) in [6.07, 6.45) is -3.36. The second-order valence-corrected chi connectivity index (χ2v) is 5.86. The van der Waals surface area contributed by atoms with E-state index in [1.807, 2.05) is 6.92 Å². The third-order valence-electron chi connectivity index (χ3n) is 4.07. The van der Waals surface area contributed by atoms with E-state index in [0.29, 0.717) is 6.42 Å². The van der Waals surface area contributed by atoms with Crippen LogP contribution >= 0.6 is 0 Å². The summed E-state index contributed by atoms with van der Waals surface area (Å²) in [5.41, 5.74) is -0.553. The van der Waals surface area contributed by atoms with Gasteiger partial charge in [0.2, 0.25) is 5.95 Å². The van der Waals surface area contributed by atoms with Gasteiger partial charge in [0.1, 0.15) is 18.3 Å². The van der Waals surface area contributed by atoms with Crippen molar-refractivity contribution in [1.82, 2.24) is 19.5 Å². The highest BCUT2D eigenvalue weighted by Crippen LogP contribution is 2.32. The molecule has 1 aliphatic heterocycles. The molecular weight excluding hydrogens is 334 g/mol. The van der Waals surface area contributed by atoms with Gasteiger partial charge in [-0.15, -0.1) is 0 Å². The molecule has 2 aromatic rings. The Kier molecular flexibility index (Phi) is 4.56. The Morgan fingerprint density at radius 3 is 2.80 bits per heavy atom. The molecule has 3 heterocycles. The Bertz CT molecular complexity index is 846. The van der Waals surface area contributed by atoms with E-state index in [-0.39, 0.29) is 17.1 Å². The second-order valence-electron chi connectivity index (χ2n) is 5.86. The molecule has 0 radical (unpaired) electrons. The predicted octanol–water partition coefficient (Wildman–Crippen LogP) is -1.53. The minimum absolute atomic E-state index is 0.0136. The molecule has 0 aliphatic carbocycles. The van der Waals surface area contributed by atoms with Gasteiger partial charge < -0.3 is 20.1 Å². The van der Waals surface area contributed by atoms with Gasteiger partial charge in [-0.1, -0.05) is 6.92 Å². The molecule has 1 fully saturated rings. The van der Waals surface area contributed by atoms with Gasteiger partial charge >= 0.3 is 0 Å². The number of aliphatic hydroxyl groups is 3. The van der Waals surface area contributed by atoms with E-state index in [0.717, 1.165) is 0 Å². The van der Waals surface area contributed by atoms with Gasteiger partial charge in [0.05, 0.1) is 12.4 Å². The van der Waals surface area contributed by atoms with Crippen LogP contribution in [0.2, 0.25) is 0 Å². The summed E-state index contributed by atoms with van der Waals surface area (Å²) in [7, 11) is 0. The van der Waals surface area contributed by atoms with Gasteiger partial charge in [-0.2, -0.15) is 4.98 Å². The van der Waals surface area contributed by atoms with Gasteiger partial charge in [0.25, 0.3) is 11.5 Å². The summed E-state index contributed by atoms with van der Waals surface area (Å²) in [5, 5.41) is 31.7. The number of ether oxygens (including phenoxy) is 1. The molecule has 1 saturated heterocycles. The molecule has 0 aromatic carbocycles. The van der Waals surface area contributed by atoms with Gasteiger partial charge in [-0.25, -0.2) is 4.98 Å². The minimum atomic E-state index is -1.29. The van der Waals surface area contributed by atoms with Crippen LogP contribution in [0.5, 0.6) is 0 Å². The zero-order valence-corrected chi connectivity index (χ0v) is 13.6. The summed E-state index contributed by atoms with van der Waals surface area (Å²) < 4.78 is 6.96. The van der Waals surface area contributed by atoms with Gasteiger partial charge in [0.15, 0.2) is 17.4 Å². The van der Waals surface area contributed by atoms with Crippen LogP contribution in [0, 0.1) is 0 Å². The smallest absolute Gasteiger partial charge is 0.280 e. The molecule has 5 N–H and O–H groups in total. The maximum absolute atomic E-state index is 12.1. The summed E-state index contributed by atoms with van der Waals surface area (Å²) in [5.74, 6) is -0.919. The number of nitrogens with zero attached hydrogens (tertiary/aromatic N) is 3. The number of carbonyl (C=O) groups excluding carboxylic acids is 1. The van der Waals surface area contributed by atoms with Crippen molar-refractivity contribution < 1.29 is 24.9 Å². The van der Waals surface area contributed by atoms with Crippen LogP contribution in [-0.2, 0) is 9.53 Å². The van der Waals surface area contributed by atoms with E-state index in [4.69, 9.17) is 4.74 Å². The average molecular weight is 353 g/mol. The first-order chi connectivity index (χ1) is 11.8. The van der Waals surface area contributed by atoms with E-state index in [9.17, 15) is 24.9 Å². The number of carbonyl (C=O) groups is 1. The number of aromatic nitrogens is 4. The van der Waals surface area contributed by atoms with Crippen molar-refractivity contribution in [2.45, 2.75) is 50.9 Å². The van der Waals surface area contributed by atoms with E-state index < -0.39 is 42.1 Å². The minimum Gasteiger partial charge on any atom is -0.388 e. The Labute approximate surface area is 141 Å². The number of fused-ring (bicyclic) bond motifs is 1. The molecule has 2 aromatic heterocycles. The quantitative estimate of drug-likeness (QED) is 0.442. The highest BCUT2D eigenvalue weighted by molar-refractivity contribution is 5.92. The number of nitrogens with one attached hydrogen (secondary N) is 2. The number of aromatic amines is 1. The first-order valence-corrected chi connectivity index (χ1v) is 7.80. The van der Waals surface area contributed by atoms with Gasteiger partial charge in [0, 0.05) is 0 Å². The first kappa shape index (κ1) is 17.5. The highest BCUT2D eigenvalue weighted by Gasteiger charge is 2.43. The largest absolute Gasteiger partial charge is 0.388 e. The Morgan fingerprint density at radius 2 is 2.20 bits per heavy atom. The number of hydrogen-bond donors (Lipinski definition) is 5. The van der Waals surface area contributed by atoms with Crippen molar-refractivity contribution >= 4 is 23.0 Å². The zero-order valence-electron chi connectivity index (χ0n) is 13.6. The van der Waals surface area contributed by atoms with Gasteiger partial charge in [-0.3, -0.25) is 24.5 Å². The Hall–Kier alpha value is -2.34. The number of hydrogen-bond acceptors (Lipinski definition) is 8. The maximum Gasteiger partial charge on any atom is 0.280 e. The number of amides is 1. The van der Waals surface area contributed by atoms with Crippen LogP contribution < -0.4 is 10.9 Å². The second kappa shape index (κ2) is 6.52. The third-order valence-corrected chi connectivity index (χ3v) is 4.07. The lowest BCUT2D eigenvalue weighted by molar-refractivity contribution is -0.123. The van der Waals surface area contributed by atoms with E-state index in [1.165, 1.54) is 17.8 Å². The molecule has 1 amide bonds. The molecule has 5 atom stereocenters. The lowest BCUT2D eigenvalue weighted by atomic mass is 10.1. The predicted molar refractivity (Wildman–Crippen MR) is 84.7 cm³/mol. The van der Waals surface area contributed by atoms with Crippen molar-refractivity contribution in [3.8, 4) is 0 Å². The lowest BCUT2D eigenvalue weighted by Gasteiger charge is -2.16.